The number of carbonyl (C=O) groups excluding carboxylic acids is 2. The second-order valence-corrected chi connectivity index (χ2v) is 14.2. The van der Waals surface area contributed by atoms with Crippen LogP contribution in [0, 0.1) is 36.5 Å². The molecule has 6 nitrogen and oxygen atoms in total. The molecule has 3 aromatic carbocycles. The Kier molecular flexibility index (Phi) is 18.7. The van der Waals surface area contributed by atoms with Crippen LogP contribution in [0.15, 0.2) is 90.5 Å². The molecule has 3 aromatic rings. The molecule has 0 aromatic heterocycles. The van der Waals surface area contributed by atoms with E-state index in [2.05, 4.69) is 64.7 Å². The molecule has 6 heteroatoms. The summed E-state index contributed by atoms with van der Waals surface area (Å²) in [7, 11) is 1.70. The first-order chi connectivity index (χ1) is 24.6. The molecule has 1 saturated heterocycles. The van der Waals surface area contributed by atoms with Gasteiger partial charge in [0.25, 0.3) is 0 Å². The van der Waals surface area contributed by atoms with Crippen LogP contribution in [0.1, 0.15) is 101 Å². The number of ether oxygens (including phenoxy) is 4. The van der Waals surface area contributed by atoms with Crippen molar-refractivity contribution in [3.05, 3.63) is 113 Å². The summed E-state index contributed by atoms with van der Waals surface area (Å²) in [4.78, 5) is 24.5. The summed E-state index contributed by atoms with van der Waals surface area (Å²) in [5.74, 6) is 8.49. The van der Waals surface area contributed by atoms with Crippen molar-refractivity contribution in [3.63, 3.8) is 0 Å². The minimum absolute atomic E-state index is 0.123. The summed E-state index contributed by atoms with van der Waals surface area (Å²) < 4.78 is 21.6. The van der Waals surface area contributed by atoms with Gasteiger partial charge in [0.05, 0.1) is 13.2 Å². The Morgan fingerprint density at radius 2 is 1.49 bits per heavy atom. The maximum absolute atomic E-state index is 12.3. The fourth-order valence-electron chi connectivity index (χ4n) is 5.94. The van der Waals surface area contributed by atoms with Crippen molar-refractivity contribution in [3.8, 4) is 17.6 Å². The Labute approximate surface area is 306 Å². The number of aryl methyl sites for hydroxylation is 1. The van der Waals surface area contributed by atoms with Gasteiger partial charge < -0.3 is 18.9 Å². The van der Waals surface area contributed by atoms with E-state index in [0.29, 0.717) is 43.8 Å². The predicted octanol–water partition coefficient (Wildman–Crippen LogP) is 10.1. The monoisotopic (exact) mass is 694 g/mol. The number of cyclic esters (lactones) is 1. The summed E-state index contributed by atoms with van der Waals surface area (Å²) in [5.41, 5.74) is 5.10. The number of carbonyl (C=O) groups is 2. The van der Waals surface area contributed by atoms with Crippen LogP contribution < -0.4 is 4.74 Å². The summed E-state index contributed by atoms with van der Waals surface area (Å²) in [6.45, 7) is 12.5. The zero-order valence-electron chi connectivity index (χ0n) is 31.6. The zero-order valence-corrected chi connectivity index (χ0v) is 31.6. The van der Waals surface area contributed by atoms with Gasteiger partial charge in [0, 0.05) is 36.7 Å². The lowest BCUT2D eigenvalue weighted by atomic mass is 9.86. The summed E-state index contributed by atoms with van der Waals surface area (Å²) in [6.07, 6.45) is 8.20. The molecular weight excluding hydrogens is 636 g/mol. The number of allylic oxidation sites excluding steroid dienone is 1. The van der Waals surface area contributed by atoms with Crippen LogP contribution in [0.3, 0.4) is 0 Å². The Morgan fingerprint density at radius 3 is 2.10 bits per heavy atom. The number of unbranched alkanes of at least 4 members (excludes halogenated alkanes) is 2. The van der Waals surface area contributed by atoms with Crippen LogP contribution in [0.25, 0.3) is 0 Å². The topological polar surface area (TPSA) is 71.1 Å². The summed E-state index contributed by atoms with van der Waals surface area (Å²) >= 11 is 0. The maximum Gasteiger partial charge on any atom is 0.334 e. The first-order valence-corrected chi connectivity index (χ1v) is 18.5. The van der Waals surface area contributed by atoms with Crippen LogP contribution in [-0.2, 0) is 30.4 Å². The van der Waals surface area contributed by atoms with Gasteiger partial charge in [-0.05, 0) is 105 Å². The molecule has 274 valence electrons. The SMILES string of the molecule is COCc1ccccc1.Cc1ccc(C#Cc2ccc(OCCCCCC(=O)OCC3C/C(=C\CC(CC(C)C)CC(C)C)C(=O)O3)cc2)cc1. The van der Waals surface area contributed by atoms with Crippen molar-refractivity contribution < 1.29 is 28.5 Å². The second kappa shape index (κ2) is 23.2. The lowest BCUT2D eigenvalue weighted by molar-refractivity contribution is -0.152. The Balaban J connectivity index is 0.000000676. The van der Waals surface area contributed by atoms with Gasteiger partial charge in [-0.3, -0.25) is 4.79 Å². The lowest BCUT2D eigenvalue weighted by Crippen LogP contribution is -2.18. The van der Waals surface area contributed by atoms with Crippen molar-refractivity contribution in [1.82, 2.24) is 0 Å². The highest BCUT2D eigenvalue weighted by Gasteiger charge is 2.30. The van der Waals surface area contributed by atoms with Gasteiger partial charge in [0.2, 0.25) is 0 Å². The zero-order chi connectivity index (χ0) is 36.8. The van der Waals surface area contributed by atoms with Crippen molar-refractivity contribution in [2.45, 2.75) is 98.7 Å². The van der Waals surface area contributed by atoms with E-state index < -0.39 is 0 Å². The summed E-state index contributed by atoms with van der Waals surface area (Å²) in [6, 6.07) is 26.1. The molecule has 1 unspecified atom stereocenters. The van der Waals surface area contributed by atoms with Gasteiger partial charge in [-0.15, -0.1) is 0 Å². The molecule has 0 radical (unpaired) electrons. The van der Waals surface area contributed by atoms with E-state index in [1.807, 2.05) is 66.7 Å². The smallest absolute Gasteiger partial charge is 0.334 e. The molecule has 0 saturated carbocycles. The van der Waals surface area contributed by atoms with E-state index in [4.69, 9.17) is 18.9 Å². The van der Waals surface area contributed by atoms with Gasteiger partial charge in [0.1, 0.15) is 18.5 Å². The van der Waals surface area contributed by atoms with E-state index in [1.165, 1.54) is 11.1 Å². The minimum Gasteiger partial charge on any atom is -0.494 e. The van der Waals surface area contributed by atoms with E-state index >= 15 is 0 Å². The highest BCUT2D eigenvalue weighted by Crippen LogP contribution is 2.27. The number of methoxy groups -OCH3 is 1. The van der Waals surface area contributed by atoms with E-state index in [9.17, 15) is 9.59 Å². The minimum atomic E-state index is -0.380. The third-order valence-electron chi connectivity index (χ3n) is 8.43. The number of esters is 2. The Hall–Kier alpha value is -4.34. The first-order valence-electron chi connectivity index (χ1n) is 18.5. The van der Waals surface area contributed by atoms with Gasteiger partial charge >= 0.3 is 11.9 Å². The highest BCUT2D eigenvalue weighted by atomic mass is 16.6. The molecule has 0 aliphatic carbocycles. The van der Waals surface area contributed by atoms with Crippen molar-refractivity contribution in [2.24, 2.45) is 17.8 Å². The molecule has 0 spiro atoms. The molecule has 1 heterocycles. The average Bonchev–Trinajstić information content (AvgIpc) is 3.47. The average molecular weight is 695 g/mol. The van der Waals surface area contributed by atoms with E-state index in [1.54, 1.807) is 7.11 Å². The fraction of sp³-hybridized carbons (Fsp3) is 0.467. The molecule has 0 amide bonds. The maximum atomic E-state index is 12.3. The van der Waals surface area contributed by atoms with Gasteiger partial charge in [-0.1, -0.05) is 93.6 Å². The molecule has 1 fully saturated rings. The van der Waals surface area contributed by atoms with E-state index in [-0.39, 0.29) is 24.6 Å². The molecular formula is C45H58O6. The Morgan fingerprint density at radius 1 is 0.863 bits per heavy atom. The fourth-order valence-corrected chi connectivity index (χ4v) is 5.94. The van der Waals surface area contributed by atoms with Crippen LogP contribution in [0.2, 0.25) is 0 Å². The number of benzene rings is 3. The third-order valence-corrected chi connectivity index (χ3v) is 8.43. The Bertz CT molecular complexity index is 1520. The molecule has 0 bridgehead atoms. The van der Waals surface area contributed by atoms with Crippen LogP contribution in [0.5, 0.6) is 5.75 Å². The molecule has 4 rings (SSSR count). The summed E-state index contributed by atoms with van der Waals surface area (Å²) in [5, 5.41) is 0. The van der Waals surface area contributed by atoms with E-state index in [0.717, 1.165) is 61.0 Å². The number of hydrogen-bond acceptors (Lipinski definition) is 6. The van der Waals surface area contributed by atoms with Crippen LogP contribution >= 0.6 is 0 Å². The van der Waals surface area contributed by atoms with Crippen LogP contribution in [-0.4, -0.2) is 38.4 Å². The normalized spacial score (nSPS) is 14.6. The largest absolute Gasteiger partial charge is 0.494 e. The standard InChI is InChI=1S/C37H48O5.C8H10O/c1-27(2)23-32(24-28(3)4)16-19-33-25-35(42-37(33)39)26-41-36(38)9-7-6-8-22-40-34-20-17-31(18-21-34)15-14-30-12-10-29(5)11-13-30;1-9-7-8-5-3-2-4-6-8/h10-13,17-21,27-28,32,35H,6-9,16,22-26H2,1-5H3;2-6H,7H2,1H3/b33-19+;. The van der Waals surface area contributed by atoms with Crippen molar-refractivity contribution >= 4 is 11.9 Å². The van der Waals surface area contributed by atoms with Gasteiger partial charge in [-0.2, -0.15) is 0 Å². The second-order valence-electron chi connectivity index (χ2n) is 14.2. The molecule has 51 heavy (non-hydrogen) atoms. The quantitative estimate of drug-likeness (QED) is 0.0606. The van der Waals surface area contributed by atoms with Crippen molar-refractivity contribution in [1.29, 1.82) is 0 Å². The molecule has 1 atom stereocenters. The number of hydrogen-bond donors (Lipinski definition) is 0. The first kappa shape index (κ1) is 41.1. The highest BCUT2D eigenvalue weighted by molar-refractivity contribution is 5.90. The van der Waals surface area contributed by atoms with Gasteiger partial charge in [-0.25, -0.2) is 4.79 Å². The van der Waals surface area contributed by atoms with Crippen molar-refractivity contribution in [2.75, 3.05) is 20.3 Å². The predicted molar refractivity (Wildman–Crippen MR) is 205 cm³/mol. The molecule has 0 N–H and O–H groups in total. The van der Waals surface area contributed by atoms with Gasteiger partial charge in [0.15, 0.2) is 0 Å². The number of rotatable bonds is 17. The lowest BCUT2D eigenvalue weighted by Gasteiger charge is -2.19. The third kappa shape index (κ3) is 17.4. The van der Waals surface area contributed by atoms with Crippen LogP contribution in [0.4, 0.5) is 0 Å². The molecule has 1 aliphatic rings. The molecule has 1 aliphatic heterocycles.